The summed E-state index contributed by atoms with van der Waals surface area (Å²) in [5.41, 5.74) is 0. The second-order valence-electron chi connectivity index (χ2n) is 4.70. The molecular weight excluding hydrogens is 258 g/mol. The molecule has 0 aliphatic heterocycles. The summed E-state index contributed by atoms with van der Waals surface area (Å²) >= 11 is 0. The lowest BCUT2D eigenvalue weighted by Gasteiger charge is -2.19. The average Bonchev–Trinajstić information content (AvgIpc) is 2.48. The zero-order valence-corrected chi connectivity index (χ0v) is 13.3. The Morgan fingerprint density at radius 1 is 0.750 bits per heavy atom. The first-order chi connectivity index (χ1) is 9.85. The van der Waals surface area contributed by atoms with Crippen LogP contribution in [0.15, 0.2) is 0 Å². The predicted molar refractivity (Wildman–Crippen MR) is 81.2 cm³/mol. The van der Waals surface area contributed by atoms with Gasteiger partial charge in [-0.15, -0.1) is 0 Å². The quantitative estimate of drug-likeness (QED) is 0.437. The van der Waals surface area contributed by atoms with Gasteiger partial charge in [0.1, 0.15) is 0 Å². The third-order valence-electron chi connectivity index (χ3n) is 3.02. The van der Waals surface area contributed by atoms with E-state index in [9.17, 15) is 0 Å². The molecule has 0 fully saturated rings. The molecule has 0 unspecified atom stereocenters. The maximum atomic E-state index is 8.79. The number of hydrogen-bond acceptors (Lipinski definition) is 5. The van der Waals surface area contributed by atoms with Gasteiger partial charge in [-0.2, -0.15) is 0 Å². The third kappa shape index (κ3) is 14.2. The first-order valence-electron chi connectivity index (χ1n) is 7.91. The zero-order chi connectivity index (χ0) is 14.9. The number of aliphatic hydroxyl groups is 1. The normalized spacial score (nSPS) is 11.4. The molecule has 0 saturated heterocycles. The lowest BCUT2D eigenvalue weighted by Crippen LogP contribution is -2.29. The van der Waals surface area contributed by atoms with E-state index in [4.69, 9.17) is 19.3 Å². The first kappa shape index (κ1) is 19.8. The molecule has 5 heteroatoms. The SMILES string of the molecule is CCCCOCCOCCOCCN(CC)CCCO. The van der Waals surface area contributed by atoms with Crippen LogP contribution in [0.2, 0.25) is 0 Å². The van der Waals surface area contributed by atoms with E-state index in [1.165, 1.54) is 6.42 Å². The van der Waals surface area contributed by atoms with E-state index in [1.807, 2.05) is 0 Å². The van der Waals surface area contributed by atoms with Crippen molar-refractivity contribution in [1.29, 1.82) is 0 Å². The van der Waals surface area contributed by atoms with Crippen LogP contribution in [-0.4, -0.2) is 75.9 Å². The largest absolute Gasteiger partial charge is 0.396 e. The van der Waals surface area contributed by atoms with Crippen LogP contribution < -0.4 is 0 Å². The van der Waals surface area contributed by atoms with Gasteiger partial charge in [0.05, 0.1) is 33.0 Å². The first-order valence-corrected chi connectivity index (χ1v) is 7.91. The Bertz CT molecular complexity index is 181. The molecule has 0 spiro atoms. The number of likely N-dealkylation sites (N-methyl/N-ethyl adjacent to an activating group) is 1. The molecule has 0 amide bonds. The maximum absolute atomic E-state index is 8.79. The van der Waals surface area contributed by atoms with Gasteiger partial charge in [0.25, 0.3) is 0 Å². The van der Waals surface area contributed by atoms with Crippen LogP contribution in [0.3, 0.4) is 0 Å². The minimum absolute atomic E-state index is 0.255. The van der Waals surface area contributed by atoms with Gasteiger partial charge in [-0.25, -0.2) is 0 Å². The van der Waals surface area contributed by atoms with Crippen LogP contribution >= 0.6 is 0 Å². The van der Waals surface area contributed by atoms with E-state index in [-0.39, 0.29) is 6.61 Å². The van der Waals surface area contributed by atoms with Crippen molar-refractivity contribution in [1.82, 2.24) is 4.90 Å². The van der Waals surface area contributed by atoms with Crippen molar-refractivity contribution in [2.75, 3.05) is 65.9 Å². The lowest BCUT2D eigenvalue weighted by molar-refractivity contribution is 0.0102. The Balaban J connectivity index is 3.15. The van der Waals surface area contributed by atoms with Crippen LogP contribution in [0.25, 0.3) is 0 Å². The van der Waals surface area contributed by atoms with E-state index in [1.54, 1.807) is 0 Å². The Morgan fingerprint density at radius 3 is 1.90 bits per heavy atom. The smallest absolute Gasteiger partial charge is 0.0701 e. The van der Waals surface area contributed by atoms with Gasteiger partial charge < -0.3 is 24.2 Å². The zero-order valence-electron chi connectivity index (χ0n) is 13.3. The Labute approximate surface area is 124 Å². The number of nitrogens with zero attached hydrogens (tertiary/aromatic N) is 1. The molecule has 0 aliphatic carbocycles. The van der Waals surface area contributed by atoms with Crippen molar-refractivity contribution in [2.24, 2.45) is 0 Å². The van der Waals surface area contributed by atoms with E-state index >= 15 is 0 Å². The molecule has 0 radical (unpaired) electrons. The van der Waals surface area contributed by atoms with Crippen molar-refractivity contribution >= 4 is 0 Å². The van der Waals surface area contributed by atoms with Gasteiger partial charge in [-0.1, -0.05) is 20.3 Å². The van der Waals surface area contributed by atoms with E-state index in [0.29, 0.717) is 26.4 Å². The summed E-state index contributed by atoms with van der Waals surface area (Å²) in [7, 11) is 0. The van der Waals surface area contributed by atoms with Crippen LogP contribution in [0.1, 0.15) is 33.1 Å². The Hall–Kier alpha value is -0.200. The second-order valence-corrected chi connectivity index (χ2v) is 4.70. The second kappa shape index (κ2) is 16.9. The molecule has 0 atom stereocenters. The molecule has 0 heterocycles. The van der Waals surface area contributed by atoms with Crippen molar-refractivity contribution in [3.63, 3.8) is 0 Å². The number of aliphatic hydroxyl groups excluding tert-OH is 1. The predicted octanol–water partition coefficient (Wildman–Crippen LogP) is 1.54. The summed E-state index contributed by atoms with van der Waals surface area (Å²) < 4.78 is 16.3. The third-order valence-corrected chi connectivity index (χ3v) is 3.02. The molecule has 0 aliphatic rings. The molecule has 0 rings (SSSR count). The highest BCUT2D eigenvalue weighted by molar-refractivity contribution is 4.54. The molecule has 122 valence electrons. The number of ether oxygens (including phenoxy) is 3. The van der Waals surface area contributed by atoms with E-state index in [0.717, 1.165) is 45.7 Å². The van der Waals surface area contributed by atoms with Crippen LogP contribution in [0, 0.1) is 0 Å². The van der Waals surface area contributed by atoms with E-state index in [2.05, 4.69) is 18.7 Å². The number of hydrogen-bond donors (Lipinski definition) is 1. The molecule has 0 aromatic heterocycles. The summed E-state index contributed by atoms with van der Waals surface area (Å²) in [4.78, 5) is 2.28. The minimum atomic E-state index is 0.255. The van der Waals surface area contributed by atoms with Crippen LogP contribution in [0.5, 0.6) is 0 Å². The molecule has 0 saturated carbocycles. The maximum Gasteiger partial charge on any atom is 0.0701 e. The van der Waals surface area contributed by atoms with Gasteiger partial charge in [0.15, 0.2) is 0 Å². The van der Waals surface area contributed by atoms with E-state index < -0.39 is 0 Å². The molecule has 1 N–H and O–H groups in total. The topological polar surface area (TPSA) is 51.2 Å². The van der Waals surface area contributed by atoms with Gasteiger partial charge in [-0.3, -0.25) is 0 Å². The standard InChI is InChI=1S/C15H33NO4/c1-3-5-10-18-12-14-20-15-13-19-11-8-16(4-2)7-6-9-17/h17H,3-15H2,1-2H3. The highest BCUT2D eigenvalue weighted by atomic mass is 16.5. The molecule has 0 aromatic rings. The van der Waals surface area contributed by atoms with Gasteiger partial charge >= 0.3 is 0 Å². The van der Waals surface area contributed by atoms with Gasteiger partial charge in [0, 0.05) is 26.3 Å². The van der Waals surface area contributed by atoms with Gasteiger partial charge in [0.2, 0.25) is 0 Å². The monoisotopic (exact) mass is 291 g/mol. The molecule has 0 aromatic carbocycles. The van der Waals surface area contributed by atoms with Crippen LogP contribution in [-0.2, 0) is 14.2 Å². The fourth-order valence-electron chi connectivity index (χ4n) is 1.70. The summed E-state index contributed by atoms with van der Waals surface area (Å²) in [6.45, 7) is 11.5. The Kier molecular flexibility index (Phi) is 16.7. The summed E-state index contributed by atoms with van der Waals surface area (Å²) in [5, 5.41) is 8.79. The fourth-order valence-corrected chi connectivity index (χ4v) is 1.70. The fraction of sp³-hybridized carbons (Fsp3) is 1.00. The van der Waals surface area contributed by atoms with Crippen molar-refractivity contribution in [3.05, 3.63) is 0 Å². The highest BCUT2D eigenvalue weighted by Crippen LogP contribution is 1.91. The number of unbranched alkanes of at least 4 members (excludes halogenated alkanes) is 1. The van der Waals surface area contributed by atoms with Crippen molar-refractivity contribution in [2.45, 2.75) is 33.1 Å². The molecule has 5 nitrogen and oxygen atoms in total. The summed E-state index contributed by atoms with van der Waals surface area (Å²) in [6.07, 6.45) is 3.12. The molecule has 0 bridgehead atoms. The summed E-state index contributed by atoms with van der Waals surface area (Å²) in [6, 6.07) is 0. The van der Waals surface area contributed by atoms with Gasteiger partial charge in [-0.05, 0) is 19.4 Å². The molecular formula is C15H33NO4. The van der Waals surface area contributed by atoms with Crippen molar-refractivity contribution < 1.29 is 19.3 Å². The molecule has 20 heavy (non-hydrogen) atoms. The Morgan fingerprint density at radius 2 is 1.35 bits per heavy atom. The highest BCUT2D eigenvalue weighted by Gasteiger charge is 2.01. The van der Waals surface area contributed by atoms with Crippen molar-refractivity contribution in [3.8, 4) is 0 Å². The minimum Gasteiger partial charge on any atom is -0.396 e. The average molecular weight is 291 g/mol. The number of rotatable bonds is 16. The lowest BCUT2D eigenvalue weighted by atomic mass is 10.4. The van der Waals surface area contributed by atoms with Crippen LogP contribution in [0.4, 0.5) is 0 Å². The summed E-state index contributed by atoms with van der Waals surface area (Å²) in [5.74, 6) is 0.